The first-order valence-corrected chi connectivity index (χ1v) is 7.56. The Morgan fingerprint density at radius 2 is 2.29 bits per heavy atom. The van der Waals surface area contributed by atoms with Gasteiger partial charge in [-0.3, -0.25) is 9.69 Å². The molecule has 17 heavy (non-hydrogen) atoms. The lowest BCUT2D eigenvalue weighted by atomic mass is 10.0. The Balaban J connectivity index is 1.96. The van der Waals surface area contributed by atoms with E-state index in [0.29, 0.717) is 6.04 Å². The summed E-state index contributed by atoms with van der Waals surface area (Å²) in [6, 6.07) is 0.747. The maximum atomic E-state index is 10.9. The SMILES string of the molecule is O=C(O)CC1CSCCN1C1CCCOCC1. The molecule has 1 N–H and O–H groups in total. The molecule has 2 aliphatic rings. The maximum absolute atomic E-state index is 10.9. The molecule has 0 spiro atoms. The highest BCUT2D eigenvalue weighted by molar-refractivity contribution is 7.99. The predicted octanol–water partition coefficient (Wildman–Crippen LogP) is 1.45. The molecule has 2 heterocycles. The van der Waals surface area contributed by atoms with Gasteiger partial charge >= 0.3 is 5.97 Å². The molecule has 2 unspecified atom stereocenters. The van der Waals surface area contributed by atoms with Crippen molar-refractivity contribution in [3.8, 4) is 0 Å². The molecule has 98 valence electrons. The normalized spacial score (nSPS) is 32.0. The van der Waals surface area contributed by atoms with E-state index in [0.717, 1.165) is 50.5 Å². The topological polar surface area (TPSA) is 49.8 Å². The van der Waals surface area contributed by atoms with Crippen molar-refractivity contribution in [1.29, 1.82) is 0 Å². The van der Waals surface area contributed by atoms with Crippen LogP contribution in [-0.2, 0) is 9.53 Å². The van der Waals surface area contributed by atoms with E-state index in [1.165, 1.54) is 0 Å². The summed E-state index contributed by atoms with van der Waals surface area (Å²) in [5, 5.41) is 8.98. The summed E-state index contributed by atoms with van der Waals surface area (Å²) in [5.41, 5.74) is 0. The second kappa shape index (κ2) is 6.61. The molecule has 0 aromatic carbocycles. The van der Waals surface area contributed by atoms with Crippen molar-refractivity contribution in [3.05, 3.63) is 0 Å². The Morgan fingerprint density at radius 3 is 3.12 bits per heavy atom. The van der Waals surface area contributed by atoms with Crippen molar-refractivity contribution in [2.75, 3.05) is 31.3 Å². The third-order valence-electron chi connectivity index (χ3n) is 3.57. The van der Waals surface area contributed by atoms with E-state index in [1.807, 2.05) is 11.8 Å². The van der Waals surface area contributed by atoms with Gasteiger partial charge in [0.05, 0.1) is 6.42 Å². The molecule has 0 aliphatic carbocycles. The lowest BCUT2D eigenvalue weighted by molar-refractivity contribution is -0.138. The van der Waals surface area contributed by atoms with Crippen LogP contribution in [0.5, 0.6) is 0 Å². The smallest absolute Gasteiger partial charge is 0.304 e. The van der Waals surface area contributed by atoms with Crippen LogP contribution >= 0.6 is 11.8 Å². The summed E-state index contributed by atoms with van der Waals surface area (Å²) in [5.74, 6) is 1.42. The molecule has 0 bridgehead atoms. The summed E-state index contributed by atoms with van der Waals surface area (Å²) < 4.78 is 5.48. The largest absolute Gasteiger partial charge is 0.481 e. The van der Waals surface area contributed by atoms with Crippen molar-refractivity contribution in [1.82, 2.24) is 4.90 Å². The molecule has 2 aliphatic heterocycles. The van der Waals surface area contributed by atoms with E-state index in [9.17, 15) is 4.79 Å². The zero-order valence-corrected chi connectivity index (χ0v) is 11.0. The van der Waals surface area contributed by atoms with Gasteiger partial charge in [-0.2, -0.15) is 11.8 Å². The van der Waals surface area contributed by atoms with Crippen LogP contribution in [0.4, 0.5) is 0 Å². The molecule has 2 saturated heterocycles. The Labute approximate surface area is 107 Å². The highest BCUT2D eigenvalue weighted by Crippen LogP contribution is 2.25. The molecule has 5 heteroatoms. The van der Waals surface area contributed by atoms with Crippen LogP contribution in [0.2, 0.25) is 0 Å². The minimum Gasteiger partial charge on any atom is -0.481 e. The highest BCUT2D eigenvalue weighted by Gasteiger charge is 2.30. The van der Waals surface area contributed by atoms with Gasteiger partial charge in [0.25, 0.3) is 0 Å². The minimum atomic E-state index is -0.674. The number of carbonyl (C=O) groups is 1. The van der Waals surface area contributed by atoms with Gasteiger partial charge in [-0.05, 0) is 19.3 Å². The average molecular weight is 259 g/mol. The van der Waals surface area contributed by atoms with Crippen LogP contribution in [-0.4, -0.2) is 59.3 Å². The van der Waals surface area contributed by atoms with E-state index < -0.39 is 5.97 Å². The molecule has 2 fully saturated rings. The molecule has 2 rings (SSSR count). The number of thioether (sulfide) groups is 1. The molecule has 0 aromatic rings. The second-order valence-electron chi connectivity index (χ2n) is 4.76. The van der Waals surface area contributed by atoms with Gasteiger partial charge < -0.3 is 9.84 Å². The minimum absolute atomic E-state index is 0.217. The van der Waals surface area contributed by atoms with Crippen LogP contribution in [0.1, 0.15) is 25.7 Å². The molecule has 0 aromatic heterocycles. The number of carboxylic acid groups (broad SMARTS) is 1. The number of hydrogen-bond donors (Lipinski definition) is 1. The van der Waals surface area contributed by atoms with Gasteiger partial charge in [-0.1, -0.05) is 0 Å². The van der Waals surface area contributed by atoms with Crippen molar-refractivity contribution < 1.29 is 14.6 Å². The first kappa shape index (κ1) is 13.2. The Hall–Kier alpha value is -0.260. The molecule has 0 saturated carbocycles. The summed E-state index contributed by atoms with van der Waals surface area (Å²) >= 11 is 1.88. The number of aliphatic carboxylic acids is 1. The Morgan fingerprint density at radius 1 is 1.41 bits per heavy atom. The first-order chi connectivity index (χ1) is 8.27. The molecular formula is C12H21NO3S. The third kappa shape index (κ3) is 3.86. The van der Waals surface area contributed by atoms with Gasteiger partial charge in [0.15, 0.2) is 0 Å². The molecule has 0 radical (unpaired) electrons. The van der Waals surface area contributed by atoms with Gasteiger partial charge in [0, 0.05) is 43.3 Å². The number of rotatable bonds is 3. The van der Waals surface area contributed by atoms with Crippen LogP contribution in [0, 0.1) is 0 Å². The molecule has 0 amide bonds. The summed E-state index contributed by atoms with van der Waals surface area (Å²) in [4.78, 5) is 13.3. The Kier molecular flexibility index (Phi) is 5.13. The quantitative estimate of drug-likeness (QED) is 0.831. The van der Waals surface area contributed by atoms with Crippen LogP contribution in [0.3, 0.4) is 0 Å². The van der Waals surface area contributed by atoms with Gasteiger partial charge in [0.1, 0.15) is 0 Å². The summed E-state index contributed by atoms with van der Waals surface area (Å²) in [6.45, 7) is 2.73. The van der Waals surface area contributed by atoms with E-state index in [-0.39, 0.29) is 12.5 Å². The van der Waals surface area contributed by atoms with Crippen molar-refractivity contribution in [3.63, 3.8) is 0 Å². The average Bonchev–Trinajstić information content (AvgIpc) is 2.57. The third-order valence-corrected chi connectivity index (χ3v) is 4.67. The zero-order chi connectivity index (χ0) is 12.1. The molecule has 2 atom stereocenters. The van der Waals surface area contributed by atoms with E-state index in [2.05, 4.69) is 4.90 Å². The van der Waals surface area contributed by atoms with Gasteiger partial charge in [-0.25, -0.2) is 0 Å². The monoisotopic (exact) mass is 259 g/mol. The maximum Gasteiger partial charge on any atom is 0.304 e. The summed E-state index contributed by atoms with van der Waals surface area (Å²) in [7, 11) is 0. The zero-order valence-electron chi connectivity index (χ0n) is 10.1. The van der Waals surface area contributed by atoms with E-state index in [4.69, 9.17) is 9.84 Å². The van der Waals surface area contributed by atoms with Gasteiger partial charge in [-0.15, -0.1) is 0 Å². The second-order valence-corrected chi connectivity index (χ2v) is 5.91. The van der Waals surface area contributed by atoms with E-state index in [1.54, 1.807) is 0 Å². The fraction of sp³-hybridized carbons (Fsp3) is 0.917. The van der Waals surface area contributed by atoms with Crippen molar-refractivity contribution in [2.45, 2.75) is 37.8 Å². The van der Waals surface area contributed by atoms with E-state index >= 15 is 0 Å². The fourth-order valence-corrected chi connectivity index (χ4v) is 3.83. The number of carboxylic acids is 1. The fourth-order valence-electron chi connectivity index (χ4n) is 2.74. The highest BCUT2D eigenvalue weighted by atomic mass is 32.2. The summed E-state index contributed by atoms with van der Waals surface area (Å²) in [6.07, 6.45) is 3.60. The van der Waals surface area contributed by atoms with Crippen molar-refractivity contribution in [2.24, 2.45) is 0 Å². The molecular weight excluding hydrogens is 238 g/mol. The Bertz CT molecular complexity index is 254. The van der Waals surface area contributed by atoms with Crippen LogP contribution in [0.25, 0.3) is 0 Å². The predicted molar refractivity (Wildman–Crippen MR) is 68.5 cm³/mol. The number of nitrogens with zero attached hydrogens (tertiary/aromatic N) is 1. The first-order valence-electron chi connectivity index (χ1n) is 6.40. The van der Waals surface area contributed by atoms with Gasteiger partial charge in [0.2, 0.25) is 0 Å². The van der Waals surface area contributed by atoms with Crippen molar-refractivity contribution >= 4 is 17.7 Å². The lowest BCUT2D eigenvalue weighted by Gasteiger charge is -2.40. The number of ether oxygens (including phenoxy) is 1. The standard InChI is InChI=1S/C12H21NO3S/c14-12(15)8-11-9-17-7-4-13(11)10-2-1-5-16-6-3-10/h10-11H,1-9H2,(H,14,15). The van der Waals surface area contributed by atoms with Crippen LogP contribution < -0.4 is 0 Å². The van der Waals surface area contributed by atoms with Crippen LogP contribution in [0.15, 0.2) is 0 Å². The molecule has 4 nitrogen and oxygen atoms in total. The lowest BCUT2D eigenvalue weighted by Crippen LogP contribution is -2.49. The number of hydrogen-bond acceptors (Lipinski definition) is 4.